The molecule has 3 aliphatic rings. The first-order chi connectivity index (χ1) is 12.1. The highest BCUT2D eigenvalue weighted by atomic mass is 16.5. The Morgan fingerprint density at radius 1 is 1.28 bits per heavy atom. The van der Waals surface area contributed by atoms with Crippen LogP contribution in [-0.4, -0.2) is 61.2 Å². The van der Waals surface area contributed by atoms with Gasteiger partial charge in [0.1, 0.15) is 11.9 Å². The fourth-order valence-electron chi connectivity index (χ4n) is 3.92. The molecule has 1 aliphatic carbocycles. The highest BCUT2D eigenvalue weighted by Gasteiger charge is 2.45. The number of rotatable bonds is 6. The van der Waals surface area contributed by atoms with E-state index in [4.69, 9.17) is 4.74 Å². The van der Waals surface area contributed by atoms with E-state index in [0.717, 1.165) is 18.8 Å². The molecule has 0 spiro atoms. The summed E-state index contributed by atoms with van der Waals surface area (Å²) in [5, 5.41) is 3.16. The van der Waals surface area contributed by atoms with E-state index in [1.165, 1.54) is 44.3 Å². The first-order valence-electron chi connectivity index (χ1n) is 9.60. The summed E-state index contributed by atoms with van der Waals surface area (Å²) in [6, 6.07) is 8.15. The van der Waals surface area contributed by atoms with Crippen LogP contribution in [0, 0.1) is 12.3 Å². The maximum absolute atomic E-state index is 12.3. The molecule has 0 aromatic heterocycles. The lowest BCUT2D eigenvalue weighted by atomic mass is 10.1. The molecule has 3 fully saturated rings. The average molecular weight is 343 g/mol. The van der Waals surface area contributed by atoms with E-state index in [1.54, 1.807) is 0 Å². The molecule has 4 rings (SSSR count). The summed E-state index contributed by atoms with van der Waals surface area (Å²) in [5.41, 5.74) is 1.54. The van der Waals surface area contributed by atoms with Crippen molar-refractivity contribution < 1.29 is 9.53 Å². The lowest BCUT2D eigenvalue weighted by Crippen LogP contribution is -2.59. The molecule has 5 heteroatoms. The second kappa shape index (κ2) is 6.87. The maximum Gasteiger partial charge on any atom is 0.317 e. The van der Waals surface area contributed by atoms with Crippen LogP contribution >= 0.6 is 0 Å². The summed E-state index contributed by atoms with van der Waals surface area (Å²) in [6.45, 7) is 7.87. The predicted octanol–water partition coefficient (Wildman–Crippen LogP) is 2.64. The Morgan fingerprint density at radius 3 is 2.72 bits per heavy atom. The Labute approximate surface area is 150 Å². The molecule has 0 radical (unpaired) electrons. The van der Waals surface area contributed by atoms with E-state index in [1.807, 2.05) is 23.1 Å². The Bertz CT molecular complexity index is 617. The van der Waals surface area contributed by atoms with E-state index < -0.39 is 0 Å². The number of carbonyl (C=O) groups excluding carboxylic acids is 1. The highest BCUT2D eigenvalue weighted by molar-refractivity contribution is 5.75. The van der Waals surface area contributed by atoms with Crippen molar-refractivity contribution in [1.82, 2.24) is 15.1 Å². The second-order valence-corrected chi connectivity index (χ2v) is 8.10. The molecule has 0 unspecified atom stereocenters. The minimum atomic E-state index is 0.0665. The molecule has 2 heterocycles. The number of amides is 2. The van der Waals surface area contributed by atoms with Crippen LogP contribution in [0.25, 0.3) is 0 Å². The first kappa shape index (κ1) is 16.7. The van der Waals surface area contributed by atoms with Gasteiger partial charge in [-0.25, -0.2) is 4.79 Å². The molecule has 1 N–H and O–H groups in total. The number of hydrogen-bond acceptors (Lipinski definition) is 3. The van der Waals surface area contributed by atoms with Crippen molar-refractivity contribution in [2.75, 3.05) is 39.3 Å². The summed E-state index contributed by atoms with van der Waals surface area (Å²) in [4.78, 5) is 16.8. The zero-order valence-electron chi connectivity index (χ0n) is 15.2. The number of nitrogens with one attached hydrogen (secondary N) is 1. The molecule has 0 bridgehead atoms. The molecule has 1 saturated carbocycles. The smallest absolute Gasteiger partial charge is 0.317 e. The molecule has 136 valence electrons. The Morgan fingerprint density at radius 2 is 2.04 bits per heavy atom. The predicted molar refractivity (Wildman–Crippen MR) is 97.9 cm³/mol. The number of urea groups is 1. The van der Waals surface area contributed by atoms with Gasteiger partial charge in [0, 0.05) is 18.5 Å². The molecular formula is C20H29N3O2. The molecule has 25 heavy (non-hydrogen) atoms. The van der Waals surface area contributed by atoms with Crippen molar-refractivity contribution in [3.05, 3.63) is 29.8 Å². The summed E-state index contributed by atoms with van der Waals surface area (Å²) in [7, 11) is 0. The van der Waals surface area contributed by atoms with Gasteiger partial charge in [-0.05, 0) is 63.4 Å². The van der Waals surface area contributed by atoms with Crippen LogP contribution in [-0.2, 0) is 0 Å². The van der Waals surface area contributed by atoms with Crippen LogP contribution in [0.2, 0.25) is 0 Å². The third-order valence-electron chi connectivity index (χ3n) is 5.76. The molecule has 2 saturated heterocycles. The standard InChI is InChI=1S/C20H29N3O2/c1-16-5-4-6-17(11-16)25-18-12-23(13-18)19(24)21-14-20(7-8-20)15-22-9-2-3-10-22/h4-6,11,18H,2-3,7-10,12-15H2,1H3,(H,21,24). The quantitative estimate of drug-likeness (QED) is 0.864. The molecule has 0 atom stereocenters. The summed E-state index contributed by atoms with van der Waals surface area (Å²) in [6.07, 6.45) is 5.29. The van der Waals surface area contributed by atoms with Gasteiger partial charge in [0.05, 0.1) is 13.1 Å². The van der Waals surface area contributed by atoms with Gasteiger partial charge in [0.25, 0.3) is 0 Å². The number of likely N-dealkylation sites (tertiary alicyclic amines) is 2. The lowest BCUT2D eigenvalue weighted by Gasteiger charge is -2.39. The van der Waals surface area contributed by atoms with Gasteiger partial charge in [-0.2, -0.15) is 0 Å². The van der Waals surface area contributed by atoms with E-state index in [2.05, 4.69) is 23.2 Å². The van der Waals surface area contributed by atoms with Crippen molar-refractivity contribution in [2.24, 2.45) is 5.41 Å². The number of hydrogen-bond donors (Lipinski definition) is 1. The maximum atomic E-state index is 12.3. The fraction of sp³-hybridized carbons (Fsp3) is 0.650. The molecule has 2 aliphatic heterocycles. The number of nitrogens with zero attached hydrogens (tertiary/aromatic N) is 2. The lowest BCUT2D eigenvalue weighted by molar-refractivity contribution is 0.0438. The summed E-state index contributed by atoms with van der Waals surface area (Å²) >= 11 is 0. The molecule has 1 aromatic carbocycles. The fourth-order valence-corrected chi connectivity index (χ4v) is 3.92. The van der Waals surface area contributed by atoms with Crippen LogP contribution in [0.1, 0.15) is 31.2 Å². The molecule has 2 amide bonds. The van der Waals surface area contributed by atoms with Gasteiger partial charge in [0.2, 0.25) is 0 Å². The van der Waals surface area contributed by atoms with Crippen molar-refractivity contribution in [3.63, 3.8) is 0 Å². The van der Waals surface area contributed by atoms with Crippen LogP contribution < -0.4 is 10.1 Å². The topological polar surface area (TPSA) is 44.8 Å². The zero-order valence-corrected chi connectivity index (χ0v) is 15.2. The van der Waals surface area contributed by atoms with Crippen LogP contribution in [0.3, 0.4) is 0 Å². The normalized spacial score (nSPS) is 22.5. The number of carbonyl (C=O) groups is 1. The van der Waals surface area contributed by atoms with Crippen molar-refractivity contribution in [1.29, 1.82) is 0 Å². The van der Waals surface area contributed by atoms with Gasteiger partial charge in [-0.15, -0.1) is 0 Å². The Balaban J connectivity index is 1.17. The third-order valence-corrected chi connectivity index (χ3v) is 5.76. The van der Waals surface area contributed by atoms with Gasteiger partial charge >= 0.3 is 6.03 Å². The minimum absolute atomic E-state index is 0.0665. The van der Waals surface area contributed by atoms with E-state index in [9.17, 15) is 4.79 Å². The average Bonchev–Trinajstić information content (AvgIpc) is 3.12. The largest absolute Gasteiger partial charge is 0.487 e. The second-order valence-electron chi connectivity index (χ2n) is 8.10. The van der Waals surface area contributed by atoms with Gasteiger partial charge in [0.15, 0.2) is 0 Å². The summed E-state index contributed by atoms with van der Waals surface area (Å²) < 4.78 is 5.93. The Kier molecular flexibility index (Phi) is 4.59. The molecular weight excluding hydrogens is 314 g/mol. The van der Waals surface area contributed by atoms with Crippen LogP contribution in [0.4, 0.5) is 4.79 Å². The third kappa shape index (κ3) is 4.09. The molecule has 5 nitrogen and oxygen atoms in total. The SMILES string of the molecule is Cc1cccc(OC2CN(C(=O)NCC3(CN4CCCC4)CC3)C2)c1. The minimum Gasteiger partial charge on any atom is -0.487 e. The van der Waals surface area contributed by atoms with Crippen LogP contribution in [0.15, 0.2) is 24.3 Å². The van der Waals surface area contributed by atoms with E-state index in [-0.39, 0.29) is 12.1 Å². The van der Waals surface area contributed by atoms with Gasteiger partial charge in [-0.1, -0.05) is 12.1 Å². The van der Waals surface area contributed by atoms with Gasteiger partial charge < -0.3 is 19.9 Å². The number of aryl methyl sites for hydroxylation is 1. The molecule has 1 aromatic rings. The Hall–Kier alpha value is -1.75. The van der Waals surface area contributed by atoms with Crippen molar-refractivity contribution in [2.45, 2.75) is 38.7 Å². The monoisotopic (exact) mass is 343 g/mol. The first-order valence-corrected chi connectivity index (χ1v) is 9.60. The number of ether oxygens (including phenoxy) is 1. The van der Waals surface area contributed by atoms with E-state index in [0.29, 0.717) is 18.5 Å². The summed E-state index contributed by atoms with van der Waals surface area (Å²) in [5.74, 6) is 0.896. The highest BCUT2D eigenvalue weighted by Crippen LogP contribution is 2.46. The van der Waals surface area contributed by atoms with Crippen molar-refractivity contribution in [3.8, 4) is 5.75 Å². The van der Waals surface area contributed by atoms with Crippen LogP contribution in [0.5, 0.6) is 5.75 Å². The number of benzene rings is 1. The van der Waals surface area contributed by atoms with E-state index >= 15 is 0 Å². The zero-order chi connectivity index (χ0) is 17.3. The van der Waals surface area contributed by atoms with Crippen molar-refractivity contribution >= 4 is 6.03 Å². The van der Waals surface area contributed by atoms with Gasteiger partial charge in [-0.3, -0.25) is 0 Å².